The van der Waals surface area contributed by atoms with Crippen LogP contribution in [0.2, 0.25) is 0 Å². The second-order valence-electron chi connectivity index (χ2n) is 6.20. The summed E-state index contributed by atoms with van der Waals surface area (Å²) in [5.41, 5.74) is 3.55. The second kappa shape index (κ2) is 6.82. The first-order valence-corrected chi connectivity index (χ1v) is 8.24. The van der Waals surface area contributed by atoms with Gasteiger partial charge in [0, 0.05) is 18.8 Å². The average molecular weight is 309 g/mol. The first-order chi connectivity index (χ1) is 11.1. The molecule has 0 bridgehead atoms. The molecular weight excluding hydrogens is 286 g/mol. The maximum atomic E-state index is 12.5. The van der Waals surface area contributed by atoms with Crippen molar-refractivity contribution >= 4 is 17.4 Å². The lowest BCUT2D eigenvalue weighted by atomic mass is 10.1. The molecule has 1 aliphatic heterocycles. The summed E-state index contributed by atoms with van der Waals surface area (Å²) in [4.78, 5) is 19.3. The Labute approximate surface area is 137 Å². The normalized spacial score (nSPS) is 14.6. The van der Waals surface area contributed by atoms with Gasteiger partial charge in [-0.2, -0.15) is 0 Å². The molecule has 2 heterocycles. The molecular formula is C19H23N3O. The Morgan fingerprint density at radius 3 is 2.61 bits per heavy atom. The SMILES string of the molecule is Cc1ccc(NC(=O)c2cccc(N3CCCCC3)n2)c(C)c1. The van der Waals surface area contributed by atoms with Crippen molar-refractivity contribution in [2.45, 2.75) is 33.1 Å². The molecule has 1 N–H and O–H groups in total. The molecule has 0 radical (unpaired) electrons. The molecule has 1 aromatic carbocycles. The highest BCUT2D eigenvalue weighted by atomic mass is 16.1. The Hall–Kier alpha value is -2.36. The number of carbonyl (C=O) groups is 1. The van der Waals surface area contributed by atoms with E-state index in [1.54, 1.807) is 6.07 Å². The lowest BCUT2D eigenvalue weighted by Gasteiger charge is -2.27. The number of carbonyl (C=O) groups excluding carboxylic acids is 1. The summed E-state index contributed by atoms with van der Waals surface area (Å²) in [6, 6.07) is 11.7. The first-order valence-electron chi connectivity index (χ1n) is 8.24. The summed E-state index contributed by atoms with van der Waals surface area (Å²) < 4.78 is 0. The number of piperidine rings is 1. The minimum atomic E-state index is -0.157. The zero-order chi connectivity index (χ0) is 16.2. The molecule has 23 heavy (non-hydrogen) atoms. The number of pyridine rings is 1. The van der Waals surface area contributed by atoms with Gasteiger partial charge in [0.1, 0.15) is 11.5 Å². The summed E-state index contributed by atoms with van der Waals surface area (Å²) in [6.45, 7) is 6.09. The molecule has 3 rings (SSSR count). The van der Waals surface area contributed by atoms with Crippen LogP contribution in [0.4, 0.5) is 11.5 Å². The Morgan fingerprint density at radius 1 is 1.09 bits per heavy atom. The standard InChI is InChI=1S/C19H23N3O/c1-14-9-10-16(15(2)13-14)21-19(23)17-7-6-8-18(20-17)22-11-4-3-5-12-22/h6-10,13H,3-5,11-12H2,1-2H3,(H,21,23). The van der Waals surface area contributed by atoms with Crippen molar-refractivity contribution in [3.8, 4) is 0 Å². The van der Waals surface area contributed by atoms with E-state index in [1.165, 1.54) is 24.8 Å². The van der Waals surface area contributed by atoms with E-state index >= 15 is 0 Å². The number of anilines is 2. The predicted molar refractivity (Wildman–Crippen MR) is 94.2 cm³/mol. The summed E-state index contributed by atoms with van der Waals surface area (Å²) in [5.74, 6) is 0.744. The molecule has 4 heteroatoms. The lowest BCUT2D eigenvalue weighted by molar-refractivity contribution is 0.102. The van der Waals surface area contributed by atoms with Crippen molar-refractivity contribution in [1.82, 2.24) is 4.98 Å². The second-order valence-corrected chi connectivity index (χ2v) is 6.20. The number of aryl methyl sites for hydroxylation is 2. The third-order valence-electron chi connectivity index (χ3n) is 4.28. The summed E-state index contributed by atoms with van der Waals surface area (Å²) in [7, 11) is 0. The largest absolute Gasteiger partial charge is 0.357 e. The van der Waals surface area contributed by atoms with E-state index in [1.807, 2.05) is 38.1 Å². The Bertz CT molecular complexity index is 706. The molecule has 2 aromatic rings. The van der Waals surface area contributed by atoms with Gasteiger partial charge in [-0.25, -0.2) is 4.98 Å². The lowest BCUT2D eigenvalue weighted by Crippen LogP contribution is -2.30. The van der Waals surface area contributed by atoms with Gasteiger partial charge in [-0.05, 0) is 56.9 Å². The number of hydrogen-bond donors (Lipinski definition) is 1. The van der Waals surface area contributed by atoms with Crippen LogP contribution in [-0.2, 0) is 0 Å². The Morgan fingerprint density at radius 2 is 1.87 bits per heavy atom. The first kappa shape index (κ1) is 15.5. The molecule has 0 atom stereocenters. The van der Waals surface area contributed by atoms with Crippen LogP contribution in [-0.4, -0.2) is 24.0 Å². The van der Waals surface area contributed by atoms with Gasteiger partial charge >= 0.3 is 0 Å². The zero-order valence-corrected chi connectivity index (χ0v) is 13.8. The van der Waals surface area contributed by atoms with E-state index in [9.17, 15) is 4.79 Å². The Balaban J connectivity index is 1.76. The fourth-order valence-corrected chi connectivity index (χ4v) is 2.99. The maximum absolute atomic E-state index is 12.5. The fraction of sp³-hybridized carbons (Fsp3) is 0.368. The van der Waals surface area contributed by atoms with Gasteiger partial charge in [0.05, 0.1) is 0 Å². The van der Waals surface area contributed by atoms with Gasteiger partial charge < -0.3 is 10.2 Å². The number of aromatic nitrogens is 1. The van der Waals surface area contributed by atoms with E-state index in [4.69, 9.17) is 0 Å². The molecule has 1 amide bonds. The van der Waals surface area contributed by atoms with Gasteiger partial charge in [0.25, 0.3) is 5.91 Å². The van der Waals surface area contributed by atoms with E-state index < -0.39 is 0 Å². The third kappa shape index (κ3) is 3.70. The molecule has 120 valence electrons. The molecule has 4 nitrogen and oxygen atoms in total. The number of amides is 1. The van der Waals surface area contributed by atoms with Crippen molar-refractivity contribution in [1.29, 1.82) is 0 Å². The van der Waals surface area contributed by atoms with Crippen LogP contribution in [0.15, 0.2) is 36.4 Å². The highest BCUT2D eigenvalue weighted by molar-refractivity contribution is 6.03. The van der Waals surface area contributed by atoms with Gasteiger partial charge in [0.2, 0.25) is 0 Å². The number of benzene rings is 1. The molecule has 0 unspecified atom stereocenters. The van der Waals surface area contributed by atoms with Crippen LogP contribution in [0.5, 0.6) is 0 Å². The van der Waals surface area contributed by atoms with Crippen molar-refractivity contribution in [3.05, 3.63) is 53.2 Å². The number of rotatable bonds is 3. The van der Waals surface area contributed by atoms with Crippen LogP contribution in [0.3, 0.4) is 0 Å². The predicted octanol–water partition coefficient (Wildman–Crippen LogP) is 3.94. The highest BCUT2D eigenvalue weighted by Crippen LogP contribution is 2.19. The number of hydrogen-bond acceptors (Lipinski definition) is 3. The van der Waals surface area contributed by atoms with Crippen molar-refractivity contribution in [2.24, 2.45) is 0 Å². The van der Waals surface area contributed by atoms with Crippen LogP contribution < -0.4 is 10.2 Å². The van der Waals surface area contributed by atoms with Crippen LogP contribution in [0, 0.1) is 13.8 Å². The Kier molecular flexibility index (Phi) is 4.60. The smallest absolute Gasteiger partial charge is 0.274 e. The zero-order valence-electron chi connectivity index (χ0n) is 13.8. The average Bonchev–Trinajstić information content (AvgIpc) is 2.58. The summed E-state index contributed by atoms with van der Waals surface area (Å²) in [6.07, 6.45) is 3.67. The molecule has 1 fully saturated rings. The molecule has 0 spiro atoms. The van der Waals surface area contributed by atoms with E-state index in [0.717, 1.165) is 30.2 Å². The van der Waals surface area contributed by atoms with Crippen LogP contribution >= 0.6 is 0 Å². The molecule has 1 aromatic heterocycles. The molecule has 0 aliphatic carbocycles. The topological polar surface area (TPSA) is 45.2 Å². The number of nitrogens with one attached hydrogen (secondary N) is 1. The van der Waals surface area contributed by atoms with E-state index in [2.05, 4.69) is 21.3 Å². The fourth-order valence-electron chi connectivity index (χ4n) is 2.99. The minimum Gasteiger partial charge on any atom is -0.357 e. The molecule has 0 saturated carbocycles. The molecule has 1 aliphatic rings. The van der Waals surface area contributed by atoms with E-state index in [0.29, 0.717) is 5.69 Å². The monoisotopic (exact) mass is 309 g/mol. The van der Waals surface area contributed by atoms with E-state index in [-0.39, 0.29) is 5.91 Å². The van der Waals surface area contributed by atoms with Gasteiger partial charge in [-0.3, -0.25) is 4.79 Å². The van der Waals surface area contributed by atoms with Crippen LogP contribution in [0.25, 0.3) is 0 Å². The van der Waals surface area contributed by atoms with Gasteiger partial charge in [-0.15, -0.1) is 0 Å². The third-order valence-corrected chi connectivity index (χ3v) is 4.28. The quantitative estimate of drug-likeness (QED) is 0.934. The van der Waals surface area contributed by atoms with Crippen molar-refractivity contribution in [3.63, 3.8) is 0 Å². The minimum absolute atomic E-state index is 0.157. The summed E-state index contributed by atoms with van der Waals surface area (Å²) in [5, 5.41) is 2.96. The van der Waals surface area contributed by atoms with Crippen LogP contribution in [0.1, 0.15) is 40.9 Å². The summed E-state index contributed by atoms with van der Waals surface area (Å²) >= 11 is 0. The van der Waals surface area contributed by atoms with Gasteiger partial charge in [-0.1, -0.05) is 23.8 Å². The highest BCUT2D eigenvalue weighted by Gasteiger charge is 2.15. The number of nitrogens with zero attached hydrogens (tertiary/aromatic N) is 2. The van der Waals surface area contributed by atoms with Crippen molar-refractivity contribution in [2.75, 3.05) is 23.3 Å². The molecule has 1 saturated heterocycles. The van der Waals surface area contributed by atoms with Crippen molar-refractivity contribution < 1.29 is 4.79 Å². The maximum Gasteiger partial charge on any atom is 0.274 e. The van der Waals surface area contributed by atoms with Gasteiger partial charge in [0.15, 0.2) is 0 Å².